The number of piperidine rings is 1. The highest BCUT2D eigenvalue weighted by Gasteiger charge is 2.27. The number of likely N-dealkylation sites (tertiary alicyclic amines) is 1. The number of nitrogens with zero attached hydrogens (tertiary/aromatic N) is 3. The summed E-state index contributed by atoms with van der Waals surface area (Å²) in [6.07, 6.45) is 2.70. The number of nitriles is 1. The zero-order valence-corrected chi connectivity index (χ0v) is 14.8. The highest BCUT2D eigenvalue weighted by atomic mass is 16.2. The maximum Gasteiger partial charge on any atom is 0.317 e. The Bertz CT molecular complexity index is 444. The van der Waals surface area contributed by atoms with Crippen LogP contribution in [0.1, 0.15) is 46.5 Å². The van der Waals surface area contributed by atoms with Gasteiger partial charge in [-0.1, -0.05) is 13.8 Å². The molecule has 130 valence electrons. The number of nitrogens with one attached hydrogen (secondary N) is 1. The van der Waals surface area contributed by atoms with E-state index in [1.807, 2.05) is 11.8 Å². The normalized spacial score (nSPS) is 19.1. The Labute approximate surface area is 139 Å². The van der Waals surface area contributed by atoms with E-state index in [1.54, 1.807) is 11.9 Å². The number of hydrogen-bond donors (Lipinski definition) is 1. The Morgan fingerprint density at radius 1 is 1.39 bits per heavy atom. The minimum absolute atomic E-state index is 0.0259. The Balaban J connectivity index is 2.47. The Morgan fingerprint density at radius 3 is 2.70 bits per heavy atom. The second-order valence-corrected chi connectivity index (χ2v) is 6.95. The number of hydrogen-bond acceptors (Lipinski definition) is 3. The molecular weight excluding hydrogens is 292 g/mol. The molecule has 1 aliphatic heterocycles. The maximum absolute atomic E-state index is 12.3. The van der Waals surface area contributed by atoms with Gasteiger partial charge in [0, 0.05) is 39.1 Å². The summed E-state index contributed by atoms with van der Waals surface area (Å²) in [5, 5.41) is 11.7. The van der Waals surface area contributed by atoms with Crippen molar-refractivity contribution in [2.45, 2.75) is 52.5 Å². The molecule has 0 spiro atoms. The lowest BCUT2D eigenvalue weighted by Crippen LogP contribution is -2.47. The Morgan fingerprint density at radius 2 is 2.09 bits per heavy atom. The molecule has 0 aromatic rings. The fourth-order valence-electron chi connectivity index (χ4n) is 2.73. The highest BCUT2D eigenvalue weighted by Crippen LogP contribution is 2.21. The first kappa shape index (κ1) is 19.3. The van der Waals surface area contributed by atoms with Crippen molar-refractivity contribution in [2.24, 2.45) is 11.8 Å². The first-order valence-electron chi connectivity index (χ1n) is 8.50. The Kier molecular flexibility index (Phi) is 7.87. The van der Waals surface area contributed by atoms with E-state index in [0.717, 1.165) is 19.4 Å². The van der Waals surface area contributed by atoms with Gasteiger partial charge in [0.25, 0.3) is 0 Å². The molecule has 0 radical (unpaired) electrons. The molecule has 0 aliphatic carbocycles. The molecule has 0 aromatic heterocycles. The molecule has 0 unspecified atom stereocenters. The van der Waals surface area contributed by atoms with Crippen molar-refractivity contribution in [3.8, 4) is 6.07 Å². The summed E-state index contributed by atoms with van der Waals surface area (Å²) in [6.45, 7) is 8.08. The standard InChI is InChI=1S/C17H30N4O2/c1-13(2)11-19-17(23)21-9-5-6-15(12-21)10-16(22)20(4)14(3)7-8-18/h13-15H,5-7,9-12H2,1-4H3,(H,19,23)/t14-,15-/m1/s1. The summed E-state index contributed by atoms with van der Waals surface area (Å²) in [6, 6.07) is 2.00. The van der Waals surface area contributed by atoms with Crippen molar-refractivity contribution in [2.75, 3.05) is 26.7 Å². The molecule has 1 fully saturated rings. The van der Waals surface area contributed by atoms with Crippen molar-refractivity contribution in [1.29, 1.82) is 5.26 Å². The predicted molar refractivity (Wildman–Crippen MR) is 89.6 cm³/mol. The summed E-state index contributed by atoms with van der Waals surface area (Å²) in [7, 11) is 1.75. The Hall–Kier alpha value is -1.77. The molecule has 23 heavy (non-hydrogen) atoms. The topological polar surface area (TPSA) is 76.4 Å². The van der Waals surface area contributed by atoms with Gasteiger partial charge in [-0.2, -0.15) is 5.26 Å². The van der Waals surface area contributed by atoms with Gasteiger partial charge >= 0.3 is 6.03 Å². The van der Waals surface area contributed by atoms with Gasteiger partial charge in [-0.25, -0.2) is 4.79 Å². The third-order valence-electron chi connectivity index (χ3n) is 4.37. The quantitative estimate of drug-likeness (QED) is 0.814. The minimum Gasteiger partial charge on any atom is -0.342 e. The molecule has 1 aliphatic rings. The molecule has 0 saturated carbocycles. The maximum atomic E-state index is 12.3. The van der Waals surface area contributed by atoms with Crippen LogP contribution in [0.25, 0.3) is 0 Å². The first-order chi connectivity index (χ1) is 10.8. The van der Waals surface area contributed by atoms with Crippen molar-refractivity contribution in [3.63, 3.8) is 0 Å². The van der Waals surface area contributed by atoms with Gasteiger partial charge in [0.1, 0.15) is 0 Å². The van der Waals surface area contributed by atoms with E-state index in [-0.39, 0.29) is 23.9 Å². The zero-order valence-electron chi connectivity index (χ0n) is 14.8. The predicted octanol–water partition coefficient (Wildman–Crippen LogP) is 2.21. The van der Waals surface area contributed by atoms with Crippen LogP contribution in [-0.4, -0.2) is 54.5 Å². The zero-order chi connectivity index (χ0) is 17.4. The van der Waals surface area contributed by atoms with Crippen molar-refractivity contribution in [1.82, 2.24) is 15.1 Å². The van der Waals surface area contributed by atoms with E-state index >= 15 is 0 Å². The summed E-state index contributed by atoms with van der Waals surface area (Å²) in [5.41, 5.74) is 0. The second kappa shape index (κ2) is 9.39. The third-order valence-corrected chi connectivity index (χ3v) is 4.37. The highest BCUT2D eigenvalue weighted by molar-refractivity contribution is 5.77. The van der Waals surface area contributed by atoms with E-state index in [0.29, 0.717) is 31.8 Å². The smallest absolute Gasteiger partial charge is 0.317 e. The molecule has 6 heteroatoms. The molecule has 1 rings (SSSR count). The largest absolute Gasteiger partial charge is 0.342 e. The number of carbonyl (C=O) groups is 2. The van der Waals surface area contributed by atoms with Crippen LogP contribution in [-0.2, 0) is 4.79 Å². The van der Waals surface area contributed by atoms with E-state index in [9.17, 15) is 9.59 Å². The van der Waals surface area contributed by atoms with Crippen LogP contribution in [0.5, 0.6) is 0 Å². The lowest BCUT2D eigenvalue weighted by Gasteiger charge is -2.34. The fraction of sp³-hybridized carbons (Fsp3) is 0.824. The summed E-state index contributed by atoms with van der Waals surface area (Å²) >= 11 is 0. The number of amides is 3. The van der Waals surface area contributed by atoms with Crippen LogP contribution >= 0.6 is 0 Å². The van der Waals surface area contributed by atoms with Crippen LogP contribution in [0.15, 0.2) is 0 Å². The summed E-state index contributed by atoms with van der Waals surface area (Å²) < 4.78 is 0. The first-order valence-corrected chi connectivity index (χ1v) is 8.50. The van der Waals surface area contributed by atoms with Gasteiger partial charge in [-0.15, -0.1) is 0 Å². The SMILES string of the molecule is CC(C)CNC(=O)N1CCC[C@H](CC(=O)N(C)[C@H](C)CC#N)C1. The minimum atomic E-state index is -0.0680. The number of carbonyl (C=O) groups excluding carboxylic acids is 2. The molecule has 1 saturated heterocycles. The molecule has 1 heterocycles. The van der Waals surface area contributed by atoms with Gasteiger partial charge in [-0.3, -0.25) is 4.79 Å². The van der Waals surface area contributed by atoms with Crippen LogP contribution in [0.3, 0.4) is 0 Å². The summed E-state index contributed by atoms with van der Waals surface area (Å²) in [5.74, 6) is 0.691. The van der Waals surface area contributed by atoms with Crippen molar-refractivity contribution in [3.05, 3.63) is 0 Å². The van der Waals surface area contributed by atoms with Crippen LogP contribution in [0, 0.1) is 23.2 Å². The van der Waals surface area contributed by atoms with Gasteiger partial charge in [0.2, 0.25) is 5.91 Å². The van der Waals surface area contributed by atoms with Crippen LogP contribution in [0.4, 0.5) is 4.79 Å². The summed E-state index contributed by atoms with van der Waals surface area (Å²) in [4.78, 5) is 27.9. The van der Waals surface area contributed by atoms with E-state index in [4.69, 9.17) is 5.26 Å². The molecule has 0 aromatic carbocycles. The molecule has 1 N–H and O–H groups in total. The van der Waals surface area contributed by atoms with Gasteiger partial charge in [0.05, 0.1) is 12.5 Å². The van der Waals surface area contributed by atoms with Gasteiger partial charge < -0.3 is 15.1 Å². The van der Waals surface area contributed by atoms with Gasteiger partial charge in [-0.05, 0) is 31.6 Å². The van der Waals surface area contributed by atoms with Crippen LogP contribution < -0.4 is 5.32 Å². The molecule has 3 amide bonds. The lowest BCUT2D eigenvalue weighted by molar-refractivity contribution is -0.132. The van der Waals surface area contributed by atoms with E-state index in [1.165, 1.54) is 0 Å². The van der Waals surface area contributed by atoms with Crippen molar-refractivity contribution < 1.29 is 9.59 Å². The molecular formula is C17H30N4O2. The lowest BCUT2D eigenvalue weighted by atomic mass is 9.94. The van der Waals surface area contributed by atoms with Gasteiger partial charge in [0.15, 0.2) is 0 Å². The van der Waals surface area contributed by atoms with Crippen molar-refractivity contribution >= 4 is 11.9 Å². The van der Waals surface area contributed by atoms with E-state index < -0.39 is 0 Å². The number of urea groups is 1. The number of rotatable bonds is 6. The second-order valence-electron chi connectivity index (χ2n) is 6.95. The fourth-order valence-corrected chi connectivity index (χ4v) is 2.73. The average molecular weight is 322 g/mol. The monoisotopic (exact) mass is 322 g/mol. The molecule has 0 bridgehead atoms. The average Bonchev–Trinajstić information content (AvgIpc) is 2.52. The molecule has 2 atom stereocenters. The third kappa shape index (κ3) is 6.47. The molecule has 6 nitrogen and oxygen atoms in total. The van der Waals surface area contributed by atoms with Crippen LogP contribution in [0.2, 0.25) is 0 Å². The van der Waals surface area contributed by atoms with E-state index in [2.05, 4.69) is 25.2 Å².